The van der Waals surface area contributed by atoms with E-state index in [1.807, 2.05) is 0 Å². The Morgan fingerprint density at radius 3 is 1.65 bits per heavy atom. The van der Waals surface area contributed by atoms with E-state index >= 15 is 0 Å². The summed E-state index contributed by atoms with van der Waals surface area (Å²) in [6.07, 6.45) is 13.4. The van der Waals surface area contributed by atoms with E-state index < -0.39 is 0 Å². The number of unbranched alkanes of at least 4 members (excludes halogenated alkanes) is 6. The summed E-state index contributed by atoms with van der Waals surface area (Å²) in [6, 6.07) is 0. The highest BCUT2D eigenvalue weighted by Crippen LogP contribution is 2.07. The molecule has 0 aliphatic heterocycles. The average Bonchev–Trinajstić information content (AvgIpc) is 2.57. The number of rotatable bonds is 18. The van der Waals surface area contributed by atoms with Gasteiger partial charge in [0.1, 0.15) is 0 Å². The summed E-state index contributed by atoms with van der Waals surface area (Å²) < 4.78 is 5.62. The van der Waals surface area contributed by atoms with Crippen LogP contribution in [0.5, 0.6) is 0 Å². The van der Waals surface area contributed by atoms with Gasteiger partial charge in [0.25, 0.3) is 0 Å². The van der Waals surface area contributed by atoms with E-state index in [1.54, 1.807) is 12.2 Å². The lowest BCUT2D eigenvalue weighted by Gasteiger charge is -2.07. The minimum absolute atomic E-state index is 0.820. The standard InChI is InChI=1S/C20H36N2O/c1-5-19(3)21-15-12-10-8-7-9-11-13-17-23-18-14-16-22-20(4)6-2/h5-6,21-22H,1-4,7-18H2. The molecular formula is C20H36N2O. The van der Waals surface area contributed by atoms with Gasteiger partial charge >= 0.3 is 0 Å². The molecule has 0 aromatic rings. The van der Waals surface area contributed by atoms with Crippen molar-refractivity contribution in [3.8, 4) is 0 Å². The molecule has 0 atom stereocenters. The van der Waals surface area contributed by atoms with Gasteiger partial charge in [0.15, 0.2) is 0 Å². The lowest BCUT2D eigenvalue weighted by Crippen LogP contribution is -2.14. The third kappa shape index (κ3) is 16.7. The molecule has 0 spiro atoms. The molecule has 0 aromatic heterocycles. The zero-order valence-corrected chi connectivity index (χ0v) is 14.9. The third-order valence-electron chi connectivity index (χ3n) is 3.63. The van der Waals surface area contributed by atoms with Crippen LogP contribution in [-0.2, 0) is 4.74 Å². The lowest BCUT2D eigenvalue weighted by molar-refractivity contribution is 0.128. The van der Waals surface area contributed by atoms with Crippen molar-refractivity contribution in [2.45, 2.75) is 51.4 Å². The highest BCUT2D eigenvalue weighted by atomic mass is 16.5. The largest absolute Gasteiger partial charge is 0.386 e. The first-order chi connectivity index (χ1) is 11.2. The molecule has 23 heavy (non-hydrogen) atoms. The summed E-state index contributed by atoms with van der Waals surface area (Å²) in [4.78, 5) is 0. The normalized spacial score (nSPS) is 10.1. The number of ether oxygens (including phenoxy) is 1. The topological polar surface area (TPSA) is 33.3 Å². The minimum atomic E-state index is 0.820. The summed E-state index contributed by atoms with van der Waals surface area (Å²) in [6.45, 7) is 18.6. The van der Waals surface area contributed by atoms with Crippen LogP contribution in [0.4, 0.5) is 0 Å². The summed E-state index contributed by atoms with van der Waals surface area (Å²) in [5, 5.41) is 6.41. The molecule has 0 bridgehead atoms. The summed E-state index contributed by atoms with van der Waals surface area (Å²) in [5.41, 5.74) is 1.80. The van der Waals surface area contributed by atoms with Crippen molar-refractivity contribution in [1.82, 2.24) is 10.6 Å². The third-order valence-corrected chi connectivity index (χ3v) is 3.63. The van der Waals surface area contributed by atoms with Crippen LogP contribution in [0.1, 0.15) is 51.4 Å². The van der Waals surface area contributed by atoms with Crippen molar-refractivity contribution in [3.63, 3.8) is 0 Å². The van der Waals surface area contributed by atoms with Gasteiger partial charge in [-0.05, 0) is 31.4 Å². The van der Waals surface area contributed by atoms with Gasteiger partial charge in [-0.15, -0.1) is 0 Å². The second-order valence-electron chi connectivity index (χ2n) is 5.75. The number of hydrogen-bond donors (Lipinski definition) is 2. The van der Waals surface area contributed by atoms with Crippen LogP contribution in [0.25, 0.3) is 0 Å². The molecule has 0 aromatic carbocycles. The fraction of sp³-hybridized carbons (Fsp3) is 0.600. The van der Waals surface area contributed by atoms with Gasteiger partial charge in [-0.25, -0.2) is 0 Å². The molecule has 3 nitrogen and oxygen atoms in total. The molecule has 3 heteroatoms. The van der Waals surface area contributed by atoms with Gasteiger partial charge in [-0.3, -0.25) is 0 Å². The minimum Gasteiger partial charge on any atom is -0.386 e. The fourth-order valence-corrected chi connectivity index (χ4v) is 2.13. The van der Waals surface area contributed by atoms with E-state index in [4.69, 9.17) is 4.74 Å². The van der Waals surface area contributed by atoms with E-state index in [0.29, 0.717) is 0 Å². The Hall–Kier alpha value is -1.48. The first-order valence-corrected chi connectivity index (χ1v) is 8.89. The Bertz CT molecular complexity index is 305. The molecule has 0 unspecified atom stereocenters. The predicted molar refractivity (Wildman–Crippen MR) is 102 cm³/mol. The molecule has 0 saturated carbocycles. The maximum Gasteiger partial charge on any atom is 0.0482 e. The van der Waals surface area contributed by atoms with Crippen LogP contribution in [0.15, 0.2) is 49.9 Å². The molecule has 0 amide bonds. The quantitative estimate of drug-likeness (QED) is 0.284. The van der Waals surface area contributed by atoms with Crippen LogP contribution in [0.2, 0.25) is 0 Å². The van der Waals surface area contributed by atoms with Crippen molar-refractivity contribution in [2.24, 2.45) is 0 Å². The van der Waals surface area contributed by atoms with Gasteiger partial charge in [0.05, 0.1) is 0 Å². The van der Waals surface area contributed by atoms with E-state index in [1.165, 1.54) is 44.9 Å². The van der Waals surface area contributed by atoms with Gasteiger partial charge in [-0.2, -0.15) is 0 Å². The first kappa shape index (κ1) is 21.5. The zero-order chi connectivity index (χ0) is 17.2. The Morgan fingerprint density at radius 2 is 1.09 bits per heavy atom. The highest BCUT2D eigenvalue weighted by Gasteiger charge is 1.94. The maximum atomic E-state index is 5.62. The van der Waals surface area contributed by atoms with Crippen LogP contribution < -0.4 is 10.6 Å². The van der Waals surface area contributed by atoms with Gasteiger partial charge < -0.3 is 15.4 Å². The van der Waals surface area contributed by atoms with E-state index in [2.05, 4.69) is 36.9 Å². The molecule has 132 valence electrons. The van der Waals surface area contributed by atoms with Gasteiger partial charge in [0, 0.05) is 37.7 Å². The Kier molecular flexibility index (Phi) is 15.8. The molecule has 0 saturated heterocycles. The number of nitrogens with one attached hydrogen (secondary N) is 2. The van der Waals surface area contributed by atoms with E-state index in [9.17, 15) is 0 Å². The van der Waals surface area contributed by atoms with Crippen molar-refractivity contribution >= 4 is 0 Å². The molecule has 0 heterocycles. The summed E-state index contributed by atoms with van der Waals surface area (Å²) in [5.74, 6) is 0. The molecular weight excluding hydrogens is 284 g/mol. The van der Waals surface area contributed by atoms with Crippen molar-refractivity contribution in [3.05, 3.63) is 49.9 Å². The zero-order valence-electron chi connectivity index (χ0n) is 14.9. The van der Waals surface area contributed by atoms with Crippen molar-refractivity contribution in [1.29, 1.82) is 0 Å². The fourth-order valence-electron chi connectivity index (χ4n) is 2.13. The van der Waals surface area contributed by atoms with E-state index in [-0.39, 0.29) is 0 Å². The smallest absolute Gasteiger partial charge is 0.0482 e. The maximum absolute atomic E-state index is 5.62. The molecule has 0 radical (unpaired) electrons. The summed E-state index contributed by atoms with van der Waals surface area (Å²) in [7, 11) is 0. The van der Waals surface area contributed by atoms with Gasteiger partial charge in [0.2, 0.25) is 0 Å². The van der Waals surface area contributed by atoms with Crippen LogP contribution in [0.3, 0.4) is 0 Å². The number of allylic oxidation sites excluding steroid dienone is 2. The molecule has 0 rings (SSSR count). The van der Waals surface area contributed by atoms with Gasteiger partial charge in [-0.1, -0.05) is 58.4 Å². The molecule has 0 aliphatic carbocycles. The van der Waals surface area contributed by atoms with E-state index in [0.717, 1.165) is 44.1 Å². The Balaban J connectivity index is 3.08. The Labute approximate surface area is 143 Å². The monoisotopic (exact) mass is 320 g/mol. The highest BCUT2D eigenvalue weighted by molar-refractivity contribution is 5.08. The Morgan fingerprint density at radius 1 is 0.652 bits per heavy atom. The van der Waals surface area contributed by atoms with Crippen LogP contribution in [0, 0.1) is 0 Å². The average molecular weight is 321 g/mol. The first-order valence-electron chi connectivity index (χ1n) is 8.89. The second kappa shape index (κ2) is 16.9. The van der Waals surface area contributed by atoms with Crippen LogP contribution in [-0.4, -0.2) is 26.3 Å². The van der Waals surface area contributed by atoms with Crippen molar-refractivity contribution < 1.29 is 4.74 Å². The summed E-state index contributed by atoms with van der Waals surface area (Å²) >= 11 is 0. The molecule has 0 fully saturated rings. The predicted octanol–water partition coefficient (Wildman–Crippen LogP) is 4.70. The molecule has 2 N–H and O–H groups in total. The van der Waals surface area contributed by atoms with Crippen molar-refractivity contribution in [2.75, 3.05) is 26.3 Å². The lowest BCUT2D eigenvalue weighted by atomic mass is 10.1. The number of hydrogen-bond acceptors (Lipinski definition) is 3. The van der Waals surface area contributed by atoms with Crippen LogP contribution >= 0.6 is 0 Å². The molecule has 0 aliphatic rings. The SMILES string of the molecule is C=CC(=C)NCCCCCCCCCOCCCNC(=C)C=C. The second-order valence-corrected chi connectivity index (χ2v) is 5.75.